The van der Waals surface area contributed by atoms with Crippen LogP contribution in [0.25, 0.3) is 0 Å². The van der Waals surface area contributed by atoms with E-state index < -0.39 is 5.97 Å². The van der Waals surface area contributed by atoms with Gasteiger partial charge in [0.15, 0.2) is 0 Å². The van der Waals surface area contributed by atoms with Crippen LogP contribution >= 0.6 is 0 Å². The summed E-state index contributed by atoms with van der Waals surface area (Å²) in [4.78, 5) is 24.7. The average Bonchev–Trinajstić information content (AvgIpc) is 3.23. The first-order valence-electron chi connectivity index (χ1n) is 7.09. The van der Waals surface area contributed by atoms with Crippen LogP contribution in [0.3, 0.4) is 0 Å². The Morgan fingerprint density at radius 1 is 1.38 bits per heavy atom. The highest BCUT2D eigenvalue weighted by atomic mass is 16.5. The summed E-state index contributed by atoms with van der Waals surface area (Å²) >= 11 is 0. The third-order valence-electron chi connectivity index (χ3n) is 3.90. The van der Waals surface area contributed by atoms with Crippen molar-refractivity contribution < 1.29 is 19.4 Å². The molecule has 1 fully saturated rings. The second kappa shape index (κ2) is 6.72. The zero-order chi connectivity index (χ0) is 15.4. The van der Waals surface area contributed by atoms with E-state index in [0.717, 1.165) is 6.42 Å². The molecule has 0 radical (unpaired) electrons. The number of benzene rings is 1. The number of carbonyl (C=O) groups is 2. The Morgan fingerprint density at radius 2 is 2.10 bits per heavy atom. The molecule has 0 heterocycles. The number of amides is 1. The van der Waals surface area contributed by atoms with E-state index in [9.17, 15) is 9.59 Å². The molecule has 1 saturated carbocycles. The highest BCUT2D eigenvalue weighted by Crippen LogP contribution is 2.49. The highest BCUT2D eigenvalue weighted by molar-refractivity contribution is 5.86. The number of aliphatic carboxylic acids is 1. The van der Waals surface area contributed by atoms with Gasteiger partial charge < -0.3 is 14.7 Å². The van der Waals surface area contributed by atoms with Gasteiger partial charge in [-0.25, -0.2) is 0 Å². The normalized spacial score (nSPS) is 20.1. The lowest BCUT2D eigenvalue weighted by Gasteiger charge is -2.20. The van der Waals surface area contributed by atoms with Crippen molar-refractivity contribution in [2.75, 3.05) is 26.8 Å². The van der Waals surface area contributed by atoms with Crippen molar-refractivity contribution in [1.82, 2.24) is 4.90 Å². The minimum absolute atomic E-state index is 0.0808. The number of hydrogen-bond acceptors (Lipinski definition) is 3. The number of carboxylic acids is 1. The lowest BCUT2D eigenvalue weighted by molar-refractivity contribution is -0.145. The Balaban J connectivity index is 2.02. The number of ether oxygens (including phenoxy) is 1. The van der Waals surface area contributed by atoms with E-state index >= 15 is 0 Å². The molecule has 0 bridgehead atoms. The molecule has 1 N–H and O–H groups in total. The van der Waals surface area contributed by atoms with Gasteiger partial charge in [0, 0.05) is 19.6 Å². The van der Waals surface area contributed by atoms with Crippen LogP contribution in [0.1, 0.15) is 23.5 Å². The molecule has 114 valence electrons. The van der Waals surface area contributed by atoms with Crippen LogP contribution in [0.15, 0.2) is 24.3 Å². The van der Waals surface area contributed by atoms with E-state index in [4.69, 9.17) is 9.84 Å². The lowest BCUT2D eigenvalue weighted by Crippen LogP contribution is -2.39. The third kappa shape index (κ3) is 3.82. The minimum Gasteiger partial charge on any atom is -0.480 e. The number of aryl methyl sites for hydroxylation is 1. The summed E-state index contributed by atoms with van der Waals surface area (Å²) in [6, 6.07) is 8.04. The van der Waals surface area contributed by atoms with Gasteiger partial charge >= 0.3 is 5.97 Å². The maximum atomic E-state index is 12.4. The van der Waals surface area contributed by atoms with Crippen LogP contribution in [0, 0.1) is 12.8 Å². The van der Waals surface area contributed by atoms with Gasteiger partial charge in [-0.05, 0) is 30.4 Å². The maximum Gasteiger partial charge on any atom is 0.323 e. The van der Waals surface area contributed by atoms with Crippen LogP contribution in [0.4, 0.5) is 0 Å². The molecule has 0 aromatic heterocycles. The molecule has 1 aromatic carbocycles. The number of carbonyl (C=O) groups excluding carboxylic acids is 1. The SMILES string of the molecule is COCCN(CC(=O)O)C(=O)C1CC1c1ccccc1C. The van der Waals surface area contributed by atoms with Crippen molar-refractivity contribution in [1.29, 1.82) is 0 Å². The molecule has 0 saturated heterocycles. The standard InChI is InChI=1S/C16H21NO4/c1-11-5-3-4-6-12(11)13-9-14(13)16(20)17(7-8-21-2)10-15(18)19/h3-6,13-14H,7-10H2,1-2H3,(H,18,19). The minimum atomic E-state index is -0.993. The molecular formula is C16H21NO4. The van der Waals surface area contributed by atoms with Crippen molar-refractivity contribution in [2.24, 2.45) is 5.92 Å². The second-order valence-corrected chi connectivity index (χ2v) is 5.45. The molecule has 1 aliphatic carbocycles. The molecule has 2 atom stereocenters. The first-order valence-corrected chi connectivity index (χ1v) is 7.09. The van der Waals surface area contributed by atoms with Crippen LogP contribution < -0.4 is 0 Å². The first-order chi connectivity index (χ1) is 10.0. The molecule has 1 aliphatic rings. The van der Waals surface area contributed by atoms with Crippen molar-refractivity contribution in [3.63, 3.8) is 0 Å². The molecule has 2 unspecified atom stereocenters. The number of rotatable bonds is 7. The molecule has 21 heavy (non-hydrogen) atoms. The van der Waals surface area contributed by atoms with Crippen LogP contribution in [0.5, 0.6) is 0 Å². The fourth-order valence-corrected chi connectivity index (χ4v) is 2.68. The Hall–Kier alpha value is -1.88. The zero-order valence-corrected chi connectivity index (χ0v) is 12.4. The Kier molecular flexibility index (Phi) is 4.96. The van der Waals surface area contributed by atoms with Crippen molar-refractivity contribution in [2.45, 2.75) is 19.3 Å². The fourth-order valence-electron chi connectivity index (χ4n) is 2.68. The average molecular weight is 291 g/mol. The van der Waals surface area contributed by atoms with Crippen molar-refractivity contribution in [3.8, 4) is 0 Å². The van der Waals surface area contributed by atoms with Gasteiger partial charge in [-0.1, -0.05) is 24.3 Å². The Morgan fingerprint density at radius 3 is 2.71 bits per heavy atom. The molecule has 5 nitrogen and oxygen atoms in total. The van der Waals surface area contributed by atoms with Crippen molar-refractivity contribution in [3.05, 3.63) is 35.4 Å². The van der Waals surface area contributed by atoms with Gasteiger partial charge in [-0.15, -0.1) is 0 Å². The second-order valence-electron chi connectivity index (χ2n) is 5.45. The Labute approximate surface area is 124 Å². The number of nitrogens with zero attached hydrogens (tertiary/aromatic N) is 1. The van der Waals surface area contributed by atoms with E-state index in [1.165, 1.54) is 23.1 Å². The summed E-state index contributed by atoms with van der Waals surface area (Å²) in [7, 11) is 1.54. The third-order valence-corrected chi connectivity index (χ3v) is 3.90. The molecule has 1 aromatic rings. The number of carboxylic acid groups (broad SMARTS) is 1. The smallest absolute Gasteiger partial charge is 0.323 e. The highest BCUT2D eigenvalue weighted by Gasteiger charge is 2.46. The van der Waals surface area contributed by atoms with Crippen LogP contribution in [-0.4, -0.2) is 48.7 Å². The topological polar surface area (TPSA) is 66.8 Å². The maximum absolute atomic E-state index is 12.4. The molecule has 0 aliphatic heterocycles. The van der Waals surface area contributed by atoms with Gasteiger partial charge in [0.1, 0.15) is 6.54 Å². The molecule has 1 amide bonds. The summed E-state index contributed by atoms with van der Waals surface area (Å²) < 4.78 is 4.95. The van der Waals surface area contributed by atoms with Gasteiger partial charge in [-0.2, -0.15) is 0 Å². The largest absolute Gasteiger partial charge is 0.480 e. The van der Waals surface area contributed by atoms with Gasteiger partial charge in [-0.3, -0.25) is 9.59 Å². The van der Waals surface area contributed by atoms with Crippen LogP contribution in [-0.2, 0) is 14.3 Å². The molecular weight excluding hydrogens is 270 g/mol. The van der Waals surface area contributed by atoms with Crippen LogP contribution in [0.2, 0.25) is 0 Å². The summed E-state index contributed by atoms with van der Waals surface area (Å²) in [5, 5.41) is 8.93. The van der Waals surface area contributed by atoms with Gasteiger partial charge in [0.2, 0.25) is 5.91 Å². The number of hydrogen-bond donors (Lipinski definition) is 1. The van der Waals surface area contributed by atoms with Gasteiger partial charge in [0.25, 0.3) is 0 Å². The lowest BCUT2D eigenvalue weighted by atomic mass is 10.0. The predicted molar refractivity (Wildman–Crippen MR) is 78.1 cm³/mol. The first kappa shape index (κ1) is 15.5. The van der Waals surface area contributed by atoms with E-state index in [-0.39, 0.29) is 24.3 Å². The van der Waals surface area contributed by atoms with E-state index in [0.29, 0.717) is 13.2 Å². The van der Waals surface area contributed by atoms with E-state index in [2.05, 4.69) is 0 Å². The quantitative estimate of drug-likeness (QED) is 0.829. The summed E-state index contributed by atoms with van der Waals surface area (Å²) in [5.74, 6) is -0.949. The van der Waals surface area contributed by atoms with E-state index in [1.54, 1.807) is 0 Å². The van der Waals surface area contributed by atoms with Crippen molar-refractivity contribution >= 4 is 11.9 Å². The summed E-state index contributed by atoms with van der Waals surface area (Å²) in [6.07, 6.45) is 0.798. The molecule has 5 heteroatoms. The van der Waals surface area contributed by atoms with E-state index in [1.807, 2.05) is 31.2 Å². The zero-order valence-electron chi connectivity index (χ0n) is 12.4. The monoisotopic (exact) mass is 291 g/mol. The Bertz CT molecular complexity index is 529. The molecule has 0 spiro atoms. The summed E-state index contributed by atoms with van der Waals surface area (Å²) in [5.41, 5.74) is 2.37. The van der Waals surface area contributed by atoms with Gasteiger partial charge in [0.05, 0.1) is 6.61 Å². The molecule has 2 rings (SSSR count). The fraction of sp³-hybridized carbons (Fsp3) is 0.500. The summed E-state index contributed by atoms with van der Waals surface area (Å²) in [6.45, 7) is 2.44. The number of methoxy groups -OCH3 is 1. The predicted octanol–water partition coefficient (Wildman–Crippen LogP) is 1.66.